The van der Waals surface area contributed by atoms with Gasteiger partial charge in [-0.05, 0) is 75.8 Å². The Morgan fingerprint density at radius 3 is 2.29 bits per heavy atom. The minimum absolute atomic E-state index is 0.113. The van der Waals surface area contributed by atoms with Crippen LogP contribution in [0, 0.1) is 0 Å². The number of hydrogen-bond donors (Lipinski definition) is 0. The molecule has 1 aromatic rings. The molecule has 0 radical (unpaired) electrons. The van der Waals surface area contributed by atoms with Crippen LogP contribution in [-0.2, 0) is 20.9 Å². The first-order chi connectivity index (χ1) is 16.2. The molecule has 1 saturated carbocycles. The van der Waals surface area contributed by atoms with E-state index in [-0.39, 0.29) is 17.0 Å². The summed E-state index contributed by atoms with van der Waals surface area (Å²) in [5, 5.41) is 0. The van der Waals surface area contributed by atoms with E-state index in [1.165, 1.54) is 30.7 Å². The van der Waals surface area contributed by atoms with E-state index in [0.717, 1.165) is 76.1 Å². The summed E-state index contributed by atoms with van der Waals surface area (Å²) >= 11 is 0. The van der Waals surface area contributed by atoms with Crippen LogP contribution in [0.25, 0.3) is 0 Å². The van der Waals surface area contributed by atoms with Crippen molar-refractivity contribution in [1.29, 1.82) is 0 Å². The highest BCUT2D eigenvalue weighted by Crippen LogP contribution is 2.32. The van der Waals surface area contributed by atoms with E-state index in [2.05, 4.69) is 17.1 Å². The van der Waals surface area contributed by atoms with Crippen LogP contribution in [-0.4, -0.2) is 63.1 Å². The molecular weight excluding hydrogens is 465 g/mol. The molecule has 0 saturated heterocycles. The van der Waals surface area contributed by atoms with Gasteiger partial charge >= 0.3 is 6.18 Å². The highest BCUT2D eigenvalue weighted by Gasteiger charge is 2.34. The minimum atomic E-state index is -4.49. The number of rotatable bonds is 11. The zero-order valence-electron chi connectivity index (χ0n) is 20.0. The fraction of sp³-hybridized carbons (Fsp3) is 0.680. The Hall–Kier alpha value is -1.42. The smallest absolute Gasteiger partial charge is 0.378 e. The van der Waals surface area contributed by atoms with Gasteiger partial charge in [0.2, 0.25) is 10.0 Å². The van der Waals surface area contributed by atoms with E-state index in [1.807, 2.05) is 0 Å². The summed E-state index contributed by atoms with van der Waals surface area (Å²) in [5.74, 6) is 0. The van der Waals surface area contributed by atoms with Crippen molar-refractivity contribution in [2.45, 2.75) is 81.0 Å². The van der Waals surface area contributed by atoms with Gasteiger partial charge in [0.25, 0.3) is 0 Å². The number of alkyl halides is 3. The molecule has 0 bridgehead atoms. The average Bonchev–Trinajstić information content (AvgIpc) is 2.83. The molecule has 0 unspecified atom stereocenters. The third-order valence-corrected chi connectivity index (χ3v) is 8.81. The van der Waals surface area contributed by atoms with Crippen molar-refractivity contribution < 1.29 is 26.3 Å². The first kappa shape index (κ1) is 27.2. The van der Waals surface area contributed by atoms with Crippen LogP contribution in [0.4, 0.5) is 13.2 Å². The molecule has 1 aliphatic carbocycles. The zero-order valence-corrected chi connectivity index (χ0v) is 20.8. The van der Waals surface area contributed by atoms with Gasteiger partial charge in [-0.15, -0.1) is 0 Å². The molecule has 34 heavy (non-hydrogen) atoms. The molecule has 192 valence electrons. The molecule has 5 nitrogen and oxygen atoms in total. The van der Waals surface area contributed by atoms with Gasteiger partial charge in [0.05, 0.1) is 16.6 Å². The number of nitrogens with zero attached hydrogens (tertiary/aromatic N) is 2. The van der Waals surface area contributed by atoms with E-state index in [0.29, 0.717) is 12.8 Å². The first-order valence-electron chi connectivity index (χ1n) is 12.3. The molecule has 1 heterocycles. The van der Waals surface area contributed by atoms with E-state index in [9.17, 15) is 21.6 Å². The number of halogens is 3. The van der Waals surface area contributed by atoms with E-state index in [1.54, 1.807) is 0 Å². The monoisotopic (exact) mass is 502 g/mol. The van der Waals surface area contributed by atoms with Crippen molar-refractivity contribution in [2.75, 3.05) is 33.3 Å². The minimum Gasteiger partial charge on any atom is -0.378 e. The summed E-state index contributed by atoms with van der Waals surface area (Å²) in [6.45, 7) is 4.15. The highest BCUT2D eigenvalue weighted by molar-refractivity contribution is 7.89. The van der Waals surface area contributed by atoms with Crippen LogP contribution in [0.15, 0.2) is 41.3 Å². The molecule has 1 aromatic carbocycles. The van der Waals surface area contributed by atoms with Crippen molar-refractivity contribution in [3.8, 4) is 0 Å². The van der Waals surface area contributed by atoms with Crippen molar-refractivity contribution in [1.82, 2.24) is 9.21 Å². The van der Waals surface area contributed by atoms with Gasteiger partial charge in [-0.25, -0.2) is 8.42 Å². The molecule has 0 N–H and O–H groups in total. The first-order valence-corrected chi connectivity index (χ1v) is 13.8. The molecule has 3 rings (SSSR count). The van der Waals surface area contributed by atoms with Crippen LogP contribution in [0.2, 0.25) is 0 Å². The Balaban J connectivity index is 1.33. The van der Waals surface area contributed by atoms with Crippen LogP contribution in [0.3, 0.4) is 0 Å². The summed E-state index contributed by atoms with van der Waals surface area (Å²) in [6.07, 6.45) is 8.90. The van der Waals surface area contributed by atoms with Crippen LogP contribution in [0.5, 0.6) is 0 Å². The van der Waals surface area contributed by atoms with Gasteiger partial charge < -0.3 is 4.74 Å². The Kier molecular flexibility index (Phi) is 10.0. The Morgan fingerprint density at radius 1 is 1.00 bits per heavy atom. The summed E-state index contributed by atoms with van der Waals surface area (Å²) in [5.41, 5.74) is -0.855. The molecule has 2 aliphatic rings. The Labute approximate surface area is 202 Å². The third-order valence-electron chi connectivity index (χ3n) is 6.88. The predicted molar refractivity (Wildman–Crippen MR) is 127 cm³/mol. The lowest BCUT2D eigenvalue weighted by molar-refractivity contribution is -0.137. The molecule has 1 aliphatic heterocycles. The maximum absolute atomic E-state index is 12.9. The zero-order chi connectivity index (χ0) is 24.6. The lowest BCUT2D eigenvalue weighted by Crippen LogP contribution is -2.40. The molecule has 0 atom stereocenters. The maximum atomic E-state index is 12.9. The van der Waals surface area contributed by atoms with Gasteiger partial charge in [-0.3, -0.25) is 4.90 Å². The fourth-order valence-electron chi connectivity index (χ4n) is 4.69. The third kappa shape index (κ3) is 7.80. The number of benzene rings is 1. The number of ether oxygens (including phenoxy) is 1. The van der Waals surface area contributed by atoms with Crippen molar-refractivity contribution >= 4 is 10.0 Å². The summed E-state index contributed by atoms with van der Waals surface area (Å²) in [7, 11) is -2.33. The summed E-state index contributed by atoms with van der Waals surface area (Å²) < 4.78 is 71.4. The maximum Gasteiger partial charge on any atom is 0.416 e. The van der Waals surface area contributed by atoms with E-state index >= 15 is 0 Å². The van der Waals surface area contributed by atoms with Crippen molar-refractivity contribution in [3.05, 3.63) is 42.0 Å². The highest BCUT2D eigenvalue weighted by atomic mass is 32.2. The Bertz CT molecular complexity index is 880. The van der Waals surface area contributed by atoms with Crippen molar-refractivity contribution in [3.63, 3.8) is 0 Å². The Morgan fingerprint density at radius 2 is 1.68 bits per heavy atom. The standard InChI is InChI=1S/C25H37F3N2O3S/c1-29(34(31,32)24-15-9-21(10-16-24)25(26,27)28)22-11-13-23(14-12-22)33-20-8-3-2-5-17-30-18-6-4-7-19-30/h4,6,9-10,15-16,22-23H,2-3,5,7-8,11-14,17-20H2,1H3/t22-,23-. The predicted octanol–water partition coefficient (Wildman–Crippen LogP) is 5.48. The topological polar surface area (TPSA) is 49.9 Å². The summed E-state index contributed by atoms with van der Waals surface area (Å²) in [6, 6.07) is 3.53. The molecule has 0 aromatic heterocycles. The van der Waals surface area contributed by atoms with Gasteiger partial charge in [0.15, 0.2) is 0 Å². The summed E-state index contributed by atoms with van der Waals surface area (Å²) in [4.78, 5) is 2.38. The second kappa shape index (κ2) is 12.5. The molecule has 0 amide bonds. The van der Waals surface area contributed by atoms with Gasteiger partial charge in [0.1, 0.15) is 0 Å². The average molecular weight is 503 g/mol. The van der Waals surface area contributed by atoms with Gasteiger partial charge in [-0.1, -0.05) is 25.0 Å². The number of unbranched alkanes of at least 4 members (excludes halogenated alkanes) is 3. The number of sulfonamides is 1. The van der Waals surface area contributed by atoms with Crippen molar-refractivity contribution in [2.24, 2.45) is 0 Å². The van der Waals surface area contributed by atoms with Gasteiger partial charge in [-0.2, -0.15) is 17.5 Å². The second-order valence-corrected chi connectivity index (χ2v) is 11.3. The fourth-order valence-corrected chi connectivity index (χ4v) is 6.10. The van der Waals surface area contributed by atoms with Crippen LogP contribution in [0.1, 0.15) is 63.4 Å². The quantitative estimate of drug-likeness (QED) is 0.297. The SMILES string of the molecule is CN([C@H]1CC[C@H](OCCCCCCN2CC=CCC2)CC1)S(=O)(=O)c1ccc(C(F)(F)F)cc1. The normalized spacial score (nSPS) is 22.4. The lowest BCUT2D eigenvalue weighted by atomic mass is 9.93. The lowest BCUT2D eigenvalue weighted by Gasteiger charge is -2.34. The molecule has 1 fully saturated rings. The molecule has 9 heteroatoms. The van der Waals surface area contributed by atoms with E-state index < -0.39 is 21.8 Å². The number of hydrogen-bond acceptors (Lipinski definition) is 4. The van der Waals surface area contributed by atoms with Crippen LogP contribution < -0.4 is 0 Å². The molecular formula is C25H37F3N2O3S. The largest absolute Gasteiger partial charge is 0.416 e. The van der Waals surface area contributed by atoms with E-state index in [4.69, 9.17) is 4.74 Å². The van der Waals surface area contributed by atoms with Crippen LogP contribution >= 0.6 is 0 Å². The van der Waals surface area contributed by atoms with Gasteiger partial charge in [0, 0.05) is 32.8 Å². The second-order valence-electron chi connectivity index (χ2n) is 9.32. The molecule has 0 spiro atoms.